The lowest BCUT2D eigenvalue weighted by molar-refractivity contribution is -0.870. The molecule has 0 aromatic rings. The molecule has 78 valence electrons. The van der Waals surface area contributed by atoms with Crippen molar-refractivity contribution in [2.75, 3.05) is 40.8 Å². The molecule has 0 saturated carbocycles. The number of unbranched alkanes of at least 4 members (excludes halogenated alkanes) is 1. The largest absolute Gasteiger partial charge is 0.331 e. The standard InChI is InChI=1S/C11H25N2/c1-11(2)10-12-8-6-7-9-13(3,4)5/h12H,1,6-10H2,2-5H3/q+1. The Labute approximate surface area is 83.2 Å². The molecule has 1 N–H and O–H groups in total. The van der Waals surface area contributed by atoms with Crippen molar-refractivity contribution < 1.29 is 4.48 Å². The SMILES string of the molecule is C=C(C)CNCCCC[N+](C)(C)C. The van der Waals surface area contributed by atoms with Crippen LogP contribution in [0.2, 0.25) is 0 Å². The van der Waals surface area contributed by atoms with E-state index in [4.69, 9.17) is 0 Å². The Hall–Kier alpha value is -0.340. The van der Waals surface area contributed by atoms with Crippen LogP contribution in [0.15, 0.2) is 12.2 Å². The summed E-state index contributed by atoms with van der Waals surface area (Å²) in [5.41, 5.74) is 1.21. The van der Waals surface area contributed by atoms with Crippen molar-refractivity contribution in [2.45, 2.75) is 19.8 Å². The third-order valence-corrected chi connectivity index (χ3v) is 1.86. The quantitative estimate of drug-likeness (QED) is 0.361. The Morgan fingerprint density at radius 3 is 2.31 bits per heavy atom. The molecule has 0 aliphatic heterocycles. The van der Waals surface area contributed by atoms with Gasteiger partial charge in [0.1, 0.15) is 0 Å². The van der Waals surface area contributed by atoms with Crippen molar-refractivity contribution in [1.82, 2.24) is 5.32 Å². The number of hydrogen-bond donors (Lipinski definition) is 1. The van der Waals surface area contributed by atoms with E-state index in [1.807, 2.05) is 0 Å². The van der Waals surface area contributed by atoms with Crippen LogP contribution < -0.4 is 5.32 Å². The van der Waals surface area contributed by atoms with Crippen molar-refractivity contribution in [2.24, 2.45) is 0 Å². The summed E-state index contributed by atoms with van der Waals surface area (Å²) >= 11 is 0. The van der Waals surface area contributed by atoms with Gasteiger partial charge in [-0.3, -0.25) is 0 Å². The molecule has 0 spiro atoms. The molecule has 0 aromatic carbocycles. The Kier molecular flexibility index (Phi) is 6.00. The van der Waals surface area contributed by atoms with Gasteiger partial charge in [0, 0.05) is 6.54 Å². The Bertz CT molecular complexity index is 145. The summed E-state index contributed by atoms with van der Waals surface area (Å²) in [6, 6.07) is 0. The minimum Gasteiger partial charge on any atom is -0.331 e. The second-order valence-corrected chi connectivity index (χ2v) is 4.85. The van der Waals surface area contributed by atoms with Crippen molar-refractivity contribution in [3.63, 3.8) is 0 Å². The molecule has 0 aromatic heterocycles. The molecule has 0 rings (SSSR count). The molecule has 0 atom stereocenters. The van der Waals surface area contributed by atoms with E-state index < -0.39 is 0 Å². The van der Waals surface area contributed by atoms with Gasteiger partial charge in [-0.25, -0.2) is 0 Å². The van der Waals surface area contributed by atoms with Gasteiger partial charge in [-0.1, -0.05) is 12.2 Å². The van der Waals surface area contributed by atoms with E-state index >= 15 is 0 Å². The highest BCUT2D eigenvalue weighted by molar-refractivity contribution is 4.90. The van der Waals surface area contributed by atoms with E-state index in [9.17, 15) is 0 Å². The average Bonchev–Trinajstić information content (AvgIpc) is 1.93. The van der Waals surface area contributed by atoms with Crippen LogP contribution in [0.1, 0.15) is 19.8 Å². The van der Waals surface area contributed by atoms with Gasteiger partial charge in [0.2, 0.25) is 0 Å². The lowest BCUT2D eigenvalue weighted by Gasteiger charge is -2.23. The number of rotatable bonds is 7. The molecule has 0 saturated heterocycles. The minimum atomic E-state index is 0.963. The van der Waals surface area contributed by atoms with Gasteiger partial charge >= 0.3 is 0 Å². The molecule has 0 bridgehead atoms. The summed E-state index contributed by atoms with van der Waals surface area (Å²) in [5.74, 6) is 0. The van der Waals surface area contributed by atoms with Gasteiger partial charge in [-0.05, 0) is 26.3 Å². The summed E-state index contributed by atoms with van der Waals surface area (Å²) in [6.07, 6.45) is 2.56. The van der Waals surface area contributed by atoms with Gasteiger partial charge < -0.3 is 9.80 Å². The van der Waals surface area contributed by atoms with Crippen LogP contribution in [0, 0.1) is 0 Å². The molecular weight excluding hydrogens is 160 g/mol. The van der Waals surface area contributed by atoms with Crippen molar-refractivity contribution in [1.29, 1.82) is 0 Å². The number of hydrogen-bond acceptors (Lipinski definition) is 1. The number of quaternary nitrogens is 1. The van der Waals surface area contributed by atoms with Crippen LogP contribution in [-0.2, 0) is 0 Å². The molecule has 0 aliphatic carbocycles. The van der Waals surface area contributed by atoms with Crippen LogP contribution in [0.25, 0.3) is 0 Å². The Morgan fingerprint density at radius 2 is 1.85 bits per heavy atom. The van der Waals surface area contributed by atoms with Crippen molar-refractivity contribution >= 4 is 0 Å². The first-order valence-corrected chi connectivity index (χ1v) is 5.07. The Balaban J connectivity index is 3.13. The van der Waals surface area contributed by atoms with Crippen LogP contribution in [0.4, 0.5) is 0 Å². The average molecular weight is 185 g/mol. The summed E-state index contributed by atoms with van der Waals surface area (Å²) in [6.45, 7) is 9.24. The first kappa shape index (κ1) is 12.7. The predicted molar refractivity (Wildman–Crippen MR) is 59.8 cm³/mol. The van der Waals surface area contributed by atoms with Gasteiger partial charge in [0.05, 0.1) is 27.7 Å². The highest BCUT2D eigenvalue weighted by atomic mass is 15.3. The van der Waals surface area contributed by atoms with E-state index in [-0.39, 0.29) is 0 Å². The highest BCUT2D eigenvalue weighted by Gasteiger charge is 2.04. The molecular formula is C11H25N2+. The predicted octanol–water partition coefficient (Wildman–Crippen LogP) is 1.64. The fraction of sp³-hybridized carbons (Fsp3) is 0.818. The zero-order chi connectivity index (χ0) is 10.3. The highest BCUT2D eigenvalue weighted by Crippen LogP contribution is 1.96. The van der Waals surface area contributed by atoms with E-state index in [0.29, 0.717) is 0 Å². The summed E-state index contributed by atoms with van der Waals surface area (Å²) < 4.78 is 1.07. The van der Waals surface area contributed by atoms with Crippen molar-refractivity contribution in [3.05, 3.63) is 12.2 Å². The first-order chi connectivity index (χ1) is 5.92. The molecule has 0 unspecified atom stereocenters. The van der Waals surface area contributed by atoms with Crippen LogP contribution in [-0.4, -0.2) is 45.3 Å². The third kappa shape index (κ3) is 11.7. The smallest absolute Gasteiger partial charge is 0.0780 e. The monoisotopic (exact) mass is 185 g/mol. The van der Waals surface area contributed by atoms with Crippen LogP contribution in [0.5, 0.6) is 0 Å². The fourth-order valence-electron chi connectivity index (χ4n) is 1.14. The molecule has 0 fully saturated rings. The fourth-order valence-corrected chi connectivity index (χ4v) is 1.14. The van der Waals surface area contributed by atoms with Crippen molar-refractivity contribution in [3.8, 4) is 0 Å². The maximum atomic E-state index is 3.85. The van der Waals surface area contributed by atoms with Gasteiger partial charge in [0.25, 0.3) is 0 Å². The van der Waals surface area contributed by atoms with Gasteiger partial charge in [-0.15, -0.1) is 0 Å². The zero-order valence-corrected chi connectivity index (χ0v) is 9.69. The van der Waals surface area contributed by atoms with E-state index in [2.05, 4.69) is 40.0 Å². The second kappa shape index (κ2) is 6.17. The minimum absolute atomic E-state index is 0.963. The molecule has 13 heavy (non-hydrogen) atoms. The number of nitrogens with zero attached hydrogens (tertiary/aromatic N) is 1. The molecule has 2 heteroatoms. The van der Waals surface area contributed by atoms with Gasteiger partial charge in [-0.2, -0.15) is 0 Å². The van der Waals surface area contributed by atoms with Gasteiger partial charge in [0.15, 0.2) is 0 Å². The van der Waals surface area contributed by atoms with E-state index in [1.54, 1.807) is 0 Å². The summed E-state index contributed by atoms with van der Waals surface area (Å²) in [4.78, 5) is 0. The first-order valence-electron chi connectivity index (χ1n) is 5.07. The van der Waals surface area contributed by atoms with Crippen LogP contribution in [0.3, 0.4) is 0 Å². The lowest BCUT2D eigenvalue weighted by atomic mass is 10.2. The molecule has 0 aliphatic rings. The molecule has 0 heterocycles. The Morgan fingerprint density at radius 1 is 1.23 bits per heavy atom. The second-order valence-electron chi connectivity index (χ2n) is 4.85. The summed E-state index contributed by atoms with van der Waals surface area (Å²) in [7, 11) is 6.71. The molecule has 2 nitrogen and oxygen atoms in total. The lowest BCUT2D eigenvalue weighted by Crippen LogP contribution is -2.35. The van der Waals surface area contributed by atoms with Crippen LogP contribution >= 0.6 is 0 Å². The zero-order valence-electron chi connectivity index (χ0n) is 9.69. The van der Waals surface area contributed by atoms with E-state index in [1.165, 1.54) is 25.0 Å². The maximum Gasteiger partial charge on any atom is 0.0780 e. The topological polar surface area (TPSA) is 12.0 Å². The van der Waals surface area contributed by atoms with E-state index in [0.717, 1.165) is 17.6 Å². The molecule has 0 radical (unpaired) electrons. The maximum absolute atomic E-state index is 3.85. The number of nitrogens with one attached hydrogen (secondary N) is 1. The molecule has 0 amide bonds. The third-order valence-electron chi connectivity index (χ3n) is 1.86. The normalized spacial score (nSPS) is 11.7. The summed E-state index contributed by atoms with van der Waals surface area (Å²) in [5, 5.41) is 3.36.